The molecule has 5 nitrogen and oxygen atoms in total. The van der Waals surface area contributed by atoms with Gasteiger partial charge in [-0.05, 0) is 42.9 Å². The summed E-state index contributed by atoms with van der Waals surface area (Å²) >= 11 is 0. The molecule has 1 heterocycles. The third-order valence-electron chi connectivity index (χ3n) is 4.14. The highest BCUT2D eigenvalue weighted by molar-refractivity contribution is 5.78. The molecule has 0 aromatic heterocycles. The molecule has 5 heteroatoms. The molecule has 1 aliphatic rings. The Labute approximate surface area is 138 Å². The molecule has 23 heavy (non-hydrogen) atoms. The van der Waals surface area contributed by atoms with E-state index in [1.807, 2.05) is 18.2 Å². The number of fused-ring (bicyclic) bond motifs is 1. The molecular formula is C18H27NO4. The highest BCUT2D eigenvalue weighted by Gasteiger charge is 2.33. The molecule has 1 aromatic rings. The van der Waals surface area contributed by atoms with Crippen LogP contribution in [-0.4, -0.2) is 29.8 Å². The Morgan fingerprint density at radius 2 is 1.78 bits per heavy atom. The monoisotopic (exact) mass is 321 g/mol. The lowest BCUT2D eigenvalue weighted by Crippen LogP contribution is -2.49. The van der Waals surface area contributed by atoms with Crippen molar-refractivity contribution < 1.29 is 19.4 Å². The predicted molar refractivity (Wildman–Crippen MR) is 89.0 cm³/mol. The minimum Gasteiger partial charge on any atom is -0.486 e. The molecule has 128 valence electrons. The van der Waals surface area contributed by atoms with Crippen LogP contribution in [0.25, 0.3) is 0 Å². The second-order valence-corrected chi connectivity index (χ2v) is 7.53. The number of aliphatic carboxylic acids is 1. The summed E-state index contributed by atoms with van der Waals surface area (Å²) in [5, 5.41) is 12.8. The van der Waals surface area contributed by atoms with Crippen molar-refractivity contribution in [3.05, 3.63) is 23.8 Å². The molecule has 0 fully saturated rings. The predicted octanol–water partition coefficient (Wildman–Crippen LogP) is 3.22. The zero-order valence-electron chi connectivity index (χ0n) is 14.4. The Morgan fingerprint density at radius 3 is 2.39 bits per heavy atom. The summed E-state index contributed by atoms with van der Waals surface area (Å²) in [5.74, 6) is 0.648. The molecule has 0 bridgehead atoms. The van der Waals surface area contributed by atoms with Crippen molar-refractivity contribution >= 4 is 5.97 Å². The molecule has 2 N–H and O–H groups in total. The molecule has 0 unspecified atom stereocenters. The average molecular weight is 321 g/mol. The van der Waals surface area contributed by atoms with Gasteiger partial charge in [-0.25, -0.2) is 0 Å². The number of rotatable bonds is 6. The van der Waals surface area contributed by atoms with E-state index in [4.69, 9.17) is 9.47 Å². The number of carboxylic acids is 1. The third-order valence-corrected chi connectivity index (χ3v) is 4.14. The van der Waals surface area contributed by atoms with Crippen LogP contribution in [0, 0.1) is 5.41 Å². The van der Waals surface area contributed by atoms with E-state index in [1.165, 1.54) is 0 Å². The van der Waals surface area contributed by atoms with Gasteiger partial charge in [0.1, 0.15) is 18.8 Å². The van der Waals surface area contributed by atoms with E-state index < -0.39 is 11.5 Å². The molecule has 1 aromatic carbocycles. The fourth-order valence-electron chi connectivity index (χ4n) is 2.39. The lowest BCUT2D eigenvalue weighted by atomic mass is 9.84. The maximum Gasteiger partial charge on any atom is 0.323 e. The lowest BCUT2D eigenvalue weighted by Gasteiger charge is -2.30. The quantitative estimate of drug-likeness (QED) is 0.842. The van der Waals surface area contributed by atoms with Gasteiger partial charge in [-0.1, -0.05) is 26.8 Å². The maximum atomic E-state index is 11.7. The van der Waals surface area contributed by atoms with Crippen molar-refractivity contribution in [1.29, 1.82) is 0 Å². The first-order valence-electron chi connectivity index (χ1n) is 8.07. The molecule has 0 saturated carbocycles. The molecule has 0 amide bonds. The molecule has 1 aliphatic heterocycles. The summed E-state index contributed by atoms with van der Waals surface area (Å²) in [5.41, 5.74) is 0.146. The van der Waals surface area contributed by atoms with Crippen LogP contribution in [-0.2, 0) is 11.3 Å². The summed E-state index contributed by atoms with van der Waals surface area (Å²) < 4.78 is 11.1. The van der Waals surface area contributed by atoms with Crippen LogP contribution in [0.4, 0.5) is 0 Å². The standard InChI is InChI=1S/C18H27NO4/c1-17(2,3)7-8-18(4,16(20)21)19-12-13-5-6-14-15(11-13)23-10-9-22-14/h5-6,11,19H,7-10,12H2,1-4H3,(H,20,21)/t18-/m0/s1. The summed E-state index contributed by atoms with van der Waals surface area (Å²) in [7, 11) is 0. The number of carboxylic acid groups (broad SMARTS) is 1. The topological polar surface area (TPSA) is 67.8 Å². The first kappa shape index (κ1) is 17.6. The molecule has 1 atom stereocenters. The summed E-state index contributed by atoms with van der Waals surface area (Å²) in [6.45, 7) is 9.70. The van der Waals surface area contributed by atoms with Crippen LogP contribution >= 0.6 is 0 Å². The first-order valence-corrected chi connectivity index (χ1v) is 8.07. The second kappa shape index (κ2) is 6.79. The van der Waals surface area contributed by atoms with Gasteiger partial charge in [-0.15, -0.1) is 0 Å². The van der Waals surface area contributed by atoms with E-state index in [1.54, 1.807) is 6.92 Å². The number of ether oxygens (including phenoxy) is 2. The van der Waals surface area contributed by atoms with Crippen molar-refractivity contribution in [2.75, 3.05) is 13.2 Å². The van der Waals surface area contributed by atoms with Crippen molar-refractivity contribution in [2.24, 2.45) is 5.41 Å². The molecular weight excluding hydrogens is 294 g/mol. The van der Waals surface area contributed by atoms with Gasteiger partial charge in [0.05, 0.1) is 0 Å². The number of hydrogen-bond acceptors (Lipinski definition) is 4. The van der Waals surface area contributed by atoms with Crippen LogP contribution < -0.4 is 14.8 Å². The van der Waals surface area contributed by atoms with Gasteiger partial charge in [0.25, 0.3) is 0 Å². The number of benzene rings is 1. The van der Waals surface area contributed by atoms with E-state index >= 15 is 0 Å². The van der Waals surface area contributed by atoms with Gasteiger partial charge in [0.2, 0.25) is 0 Å². The van der Waals surface area contributed by atoms with Crippen LogP contribution in [0.5, 0.6) is 11.5 Å². The van der Waals surface area contributed by atoms with Gasteiger partial charge in [0, 0.05) is 6.54 Å². The zero-order valence-corrected chi connectivity index (χ0v) is 14.4. The van der Waals surface area contributed by atoms with Gasteiger partial charge in [-0.2, -0.15) is 0 Å². The average Bonchev–Trinajstić information content (AvgIpc) is 2.50. The first-order chi connectivity index (χ1) is 10.7. The molecule has 0 radical (unpaired) electrons. The Bertz CT molecular complexity index is 565. The van der Waals surface area contributed by atoms with Crippen molar-refractivity contribution in [2.45, 2.75) is 52.6 Å². The van der Waals surface area contributed by atoms with Crippen LogP contribution in [0.3, 0.4) is 0 Å². The Hall–Kier alpha value is -1.75. The Balaban J connectivity index is 2.02. The number of hydrogen-bond donors (Lipinski definition) is 2. The maximum absolute atomic E-state index is 11.7. The number of nitrogens with one attached hydrogen (secondary N) is 1. The van der Waals surface area contributed by atoms with Gasteiger partial charge in [0.15, 0.2) is 11.5 Å². The van der Waals surface area contributed by atoms with Gasteiger partial charge < -0.3 is 14.6 Å². The van der Waals surface area contributed by atoms with E-state index in [-0.39, 0.29) is 5.41 Å². The lowest BCUT2D eigenvalue weighted by molar-refractivity contribution is -0.144. The smallest absolute Gasteiger partial charge is 0.323 e. The molecule has 2 rings (SSSR count). The normalized spacial score (nSPS) is 16.7. The molecule has 0 saturated heterocycles. The van der Waals surface area contributed by atoms with E-state index in [0.717, 1.165) is 23.5 Å². The molecule has 0 aliphatic carbocycles. The molecule has 0 spiro atoms. The highest BCUT2D eigenvalue weighted by atomic mass is 16.6. The Kier molecular flexibility index (Phi) is 5.19. The van der Waals surface area contributed by atoms with Gasteiger partial charge in [-0.3, -0.25) is 10.1 Å². The minimum absolute atomic E-state index is 0.107. The second-order valence-electron chi connectivity index (χ2n) is 7.53. The third kappa shape index (κ3) is 4.86. The van der Waals surface area contributed by atoms with Crippen molar-refractivity contribution in [3.63, 3.8) is 0 Å². The highest BCUT2D eigenvalue weighted by Crippen LogP contribution is 2.31. The van der Waals surface area contributed by atoms with Gasteiger partial charge >= 0.3 is 5.97 Å². The van der Waals surface area contributed by atoms with E-state index in [2.05, 4.69) is 26.1 Å². The number of carbonyl (C=O) groups is 1. The largest absolute Gasteiger partial charge is 0.486 e. The summed E-state index contributed by atoms with van der Waals surface area (Å²) in [6, 6.07) is 5.72. The van der Waals surface area contributed by atoms with E-state index in [9.17, 15) is 9.90 Å². The van der Waals surface area contributed by atoms with E-state index in [0.29, 0.717) is 26.2 Å². The Morgan fingerprint density at radius 1 is 1.13 bits per heavy atom. The summed E-state index contributed by atoms with van der Waals surface area (Å²) in [6.07, 6.45) is 1.42. The van der Waals surface area contributed by atoms with Crippen LogP contribution in [0.2, 0.25) is 0 Å². The SMILES string of the molecule is CC(C)(C)CC[C@](C)(NCc1ccc2c(c1)OCCO2)C(=O)O. The minimum atomic E-state index is -0.944. The van der Waals surface area contributed by atoms with Crippen molar-refractivity contribution in [1.82, 2.24) is 5.32 Å². The zero-order chi connectivity index (χ0) is 17.1. The summed E-state index contributed by atoms with van der Waals surface area (Å²) in [4.78, 5) is 11.7. The van der Waals surface area contributed by atoms with Crippen LogP contribution in [0.15, 0.2) is 18.2 Å². The van der Waals surface area contributed by atoms with Crippen LogP contribution in [0.1, 0.15) is 46.1 Å². The fraction of sp³-hybridized carbons (Fsp3) is 0.611. The van der Waals surface area contributed by atoms with Crippen molar-refractivity contribution in [3.8, 4) is 11.5 Å². The fourth-order valence-corrected chi connectivity index (χ4v) is 2.39.